The number of hydrogen-bond donors (Lipinski definition) is 2. The maximum atomic E-state index is 13.1. The van der Waals surface area contributed by atoms with E-state index in [9.17, 15) is 14.4 Å². The van der Waals surface area contributed by atoms with Gasteiger partial charge < -0.3 is 10.6 Å². The molecule has 0 bridgehead atoms. The molecule has 0 unspecified atom stereocenters. The van der Waals surface area contributed by atoms with Crippen LogP contribution in [0.2, 0.25) is 0 Å². The molecule has 2 aliphatic rings. The van der Waals surface area contributed by atoms with Crippen LogP contribution in [0, 0.1) is 25.2 Å². The highest BCUT2D eigenvalue weighted by Crippen LogP contribution is 2.46. The molecule has 2 N–H and O–H groups in total. The molecule has 1 aliphatic carbocycles. The summed E-state index contributed by atoms with van der Waals surface area (Å²) in [5.41, 5.74) is 1.84. The Bertz CT molecular complexity index is 802. The van der Waals surface area contributed by atoms with E-state index in [1.807, 2.05) is 32.0 Å². The van der Waals surface area contributed by atoms with Gasteiger partial charge in [-0.3, -0.25) is 14.5 Å². The van der Waals surface area contributed by atoms with Gasteiger partial charge in [0.1, 0.15) is 12.1 Å². The summed E-state index contributed by atoms with van der Waals surface area (Å²) in [6.07, 6.45) is 2.24. The first kappa shape index (κ1) is 19.4. The van der Waals surface area contributed by atoms with Crippen molar-refractivity contribution in [1.29, 1.82) is 0 Å². The van der Waals surface area contributed by atoms with E-state index in [2.05, 4.69) is 31.4 Å². The number of rotatable bonds is 3. The number of aryl methyl sites for hydroxylation is 1. The molecule has 0 radical (unpaired) electrons. The molecule has 27 heavy (non-hydrogen) atoms. The molecule has 1 spiro atoms. The number of benzene rings is 1. The summed E-state index contributed by atoms with van der Waals surface area (Å²) < 4.78 is 0. The van der Waals surface area contributed by atoms with Crippen molar-refractivity contribution in [3.63, 3.8) is 0 Å². The second-order valence-corrected chi connectivity index (χ2v) is 9.05. The minimum Gasteiger partial charge on any atom is -0.324 e. The molecule has 2 fully saturated rings. The number of nitrogens with one attached hydrogen (secondary N) is 2. The van der Waals surface area contributed by atoms with Gasteiger partial charge in [0.2, 0.25) is 5.91 Å². The summed E-state index contributed by atoms with van der Waals surface area (Å²) in [6, 6.07) is 5.18. The number of carbonyl (C=O) groups is 3. The number of anilines is 1. The van der Waals surface area contributed by atoms with Gasteiger partial charge in [0.05, 0.1) is 0 Å². The fourth-order valence-corrected chi connectivity index (χ4v) is 4.87. The Hall–Kier alpha value is -2.37. The minimum absolute atomic E-state index is 0.0302. The monoisotopic (exact) mass is 371 g/mol. The molecule has 1 aromatic rings. The maximum Gasteiger partial charge on any atom is 0.325 e. The highest BCUT2D eigenvalue weighted by molar-refractivity contribution is 6.10. The predicted octanol–water partition coefficient (Wildman–Crippen LogP) is 3.38. The van der Waals surface area contributed by atoms with Crippen LogP contribution < -0.4 is 10.6 Å². The van der Waals surface area contributed by atoms with Gasteiger partial charge in [-0.2, -0.15) is 0 Å². The smallest absolute Gasteiger partial charge is 0.324 e. The number of hydrogen-bond acceptors (Lipinski definition) is 3. The molecule has 4 amide bonds. The molecule has 1 saturated heterocycles. The van der Waals surface area contributed by atoms with Crippen molar-refractivity contribution < 1.29 is 14.4 Å². The molecule has 0 aromatic heterocycles. The van der Waals surface area contributed by atoms with E-state index in [1.165, 1.54) is 0 Å². The van der Waals surface area contributed by atoms with E-state index in [0.717, 1.165) is 22.4 Å². The van der Waals surface area contributed by atoms with Crippen molar-refractivity contribution >= 4 is 23.5 Å². The van der Waals surface area contributed by atoms with Crippen LogP contribution in [0.3, 0.4) is 0 Å². The number of imide groups is 1. The summed E-state index contributed by atoms with van der Waals surface area (Å²) >= 11 is 0. The van der Waals surface area contributed by atoms with Gasteiger partial charge in [-0.25, -0.2) is 4.79 Å². The highest BCUT2D eigenvalue weighted by atomic mass is 16.2. The van der Waals surface area contributed by atoms with E-state index in [4.69, 9.17) is 0 Å². The molecule has 6 heteroatoms. The van der Waals surface area contributed by atoms with Crippen LogP contribution in [0.1, 0.15) is 51.2 Å². The maximum absolute atomic E-state index is 13.1. The second kappa shape index (κ2) is 6.66. The molecule has 6 nitrogen and oxygen atoms in total. The van der Waals surface area contributed by atoms with Gasteiger partial charge in [0.15, 0.2) is 0 Å². The molecule has 2 atom stereocenters. The number of urea groups is 1. The van der Waals surface area contributed by atoms with Crippen molar-refractivity contribution in [1.82, 2.24) is 10.2 Å². The standard InChI is InChI=1S/C21H29N3O3/c1-13-9-20(4,5)12-21(10-13)18(26)24(19(27)23-21)11-17(25)22-16-8-6-7-14(2)15(16)3/h6-8,13H,9-12H2,1-5H3,(H,22,25)(H,23,27)/t13-,21+/m1/s1. The molecule has 1 heterocycles. The largest absolute Gasteiger partial charge is 0.325 e. The van der Waals surface area contributed by atoms with Crippen molar-refractivity contribution in [2.75, 3.05) is 11.9 Å². The molecular formula is C21H29N3O3. The molecule has 3 rings (SSSR count). The van der Waals surface area contributed by atoms with Crippen molar-refractivity contribution in [3.05, 3.63) is 29.3 Å². The van der Waals surface area contributed by atoms with Crippen LogP contribution in [-0.4, -0.2) is 34.8 Å². The zero-order valence-corrected chi connectivity index (χ0v) is 16.8. The lowest BCUT2D eigenvalue weighted by Crippen LogP contribution is -2.54. The first-order chi connectivity index (χ1) is 12.5. The molecule has 1 aromatic carbocycles. The Labute approximate surface area is 160 Å². The van der Waals surface area contributed by atoms with E-state index in [-0.39, 0.29) is 23.8 Å². The third-order valence-corrected chi connectivity index (χ3v) is 5.80. The van der Waals surface area contributed by atoms with Gasteiger partial charge in [-0.05, 0) is 61.6 Å². The Balaban J connectivity index is 1.74. The van der Waals surface area contributed by atoms with E-state index < -0.39 is 11.6 Å². The first-order valence-electron chi connectivity index (χ1n) is 9.53. The van der Waals surface area contributed by atoms with Crippen LogP contribution >= 0.6 is 0 Å². The van der Waals surface area contributed by atoms with Gasteiger partial charge in [0.25, 0.3) is 5.91 Å². The molecule has 146 valence electrons. The number of carbonyl (C=O) groups excluding carboxylic acids is 3. The summed E-state index contributed by atoms with van der Waals surface area (Å²) in [5.74, 6) is -0.308. The Kier molecular flexibility index (Phi) is 4.78. The van der Waals surface area contributed by atoms with Gasteiger partial charge in [-0.15, -0.1) is 0 Å². The van der Waals surface area contributed by atoms with E-state index in [0.29, 0.717) is 24.4 Å². The zero-order chi connectivity index (χ0) is 20.0. The Morgan fingerprint density at radius 3 is 2.63 bits per heavy atom. The summed E-state index contributed by atoms with van der Waals surface area (Å²) in [5, 5.41) is 5.72. The lowest BCUT2D eigenvalue weighted by Gasteiger charge is -2.43. The third kappa shape index (κ3) is 3.70. The first-order valence-corrected chi connectivity index (χ1v) is 9.53. The average molecular weight is 371 g/mol. The minimum atomic E-state index is -0.877. The lowest BCUT2D eigenvalue weighted by atomic mass is 9.64. The van der Waals surface area contributed by atoms with Crippen LogP contribution in [0.4, 0.5) is 10.5 Å². The zero-order valence-electron chi connectivity index (χ0n) is 16.8. The summed E-state index contributed by atoms with van der Waals surface area (Å²) in [7, 11) is 0. The Morgan fingerprint density at radius 1 is 1.26 bits per heavy atom. The normalized spacial score (nSPS) is 27.0. The Morgan fingerprint density at radius 2 is 1.96 bits per heavy atom. The molecule has 1 saturated carbocycles. The summed E-state index contributed by atoms with van der Waals surface area (Å²) in [4.78, 5) is 39.2. The number of amides is 4. The quantitative estimate of drug-likeness (QED) is 0.800. The van der Waals surface area contributed by atoms with E-state index in [1.54, 1.807) is 0 Å². The van der Waals surface area contributed by atoms with Crippen LogP contribution in [0.5, 0.6) is 0 Å². The highest BCUT2D eigenvalue weighted by Gasteiger charge is 2.56. The van der Waals surface area contributed by atoms with Crippen molar-refractivity contribution in [2.24, 2.45) is 11.3 Å². The summed E-state index contributed by atoms with van der Waals surface area (Å²) in [6.45, 7) is 9.99. The number of nitrogens with zero attached hydrogens (tertiary/aromatic N) is 1. The second-order valence-electron chi connectivity index (χ2n) is 9.05. The fourth-order valence-electron chi connectivity index (χ4n) is 4.87. The average Bonchev–Trinajstić information content (AvgIpc) is 2.73. The van der Waals surface area contributed by atoms with Gasteiger partial charge in [0, 0.05) is 5.69 Å². The lowest BCUT2D eigenvalue weighted by molar-refractivity contribution is -0.136. The SMILES string of the molecule is Cc1cccc(NC(=O)CN2C(=O)N[C@]3(C[C@H](C)CC(C)(C)C3)C2=O)c1C. The van der Waals surface area contributed by atoms with Crippen molar-refractivity contribution in [2.45, 2.75) is 59.4 Å². The molecule has 1 aliphatic heterocycles. The third-order valence-electron chi connectivity index (χ3n) is 5.80. The van der Waals surface area contributed by atoms with Gasteiger partial charge >= 0.3 is 6.03 Å². The van der Waals surface area contributed by atoms with Crippen LogP contribution in [0.25, 0.3) is 0 Å². The predicted molar refractivity (Wildman–Crippen MR) is 104 cm³/mol. The van der Waals surface area contributed by atoms with Gasteiger partial charge in [-0.1, -0.05) is 32.9 Å². The fraction of sp³-hybridized carbons (Fsp3) is 0.571. The molecular weight excluding hydrogens is 342 g/mol. The van der Waals surface area contributed by atoms with Crippen molar-refractivity contribution in [3.8, 4) is 0 Å². The van der Waals surface area contributed by atoms with Crippen LogP contribution in [-0.2, 0) is 9.59 Å². The van der Waals surface area contributed by atoms with E-state index >= 15 is 0 Å². The van der Waals surface area contributed by atoms with Crippen LogP contribution in [0.15, 0.2) is 18.2 Å². The topological polar surface area (TPSA) is 78.5 Å².